The number of fused-ring (bicyclic) bond motifs is 2. The van der Waals surface area contributed by atoms with E-state index in [-0.39, 0.29) is 0 Å². The summed E-state index contributed by atoms with van der Waals surface area (Å²) in [5, 5.41) is 3.80. The number of piperidine rings is 2. The monoisotopic (exact) mass is 293 g/mol. The molecule has 122 valence electrons. The molecular formula is C18H35N3. The smallest absolute Gasteiger partial charge is 0.0223 e. The standard InChI is InChI=1S/C18H35N3/c1-3-10-19-15-12-16-7-5-8-17(13-15)21(16)14-18-9-6-11-20(18)4-2/h15-19H,3-14H2,1-2H3. The van der Waals surface area contributed by atoms with Gasteiger partial charge in [-0.1, -0.05) is 20.3 Å². The Bertz CT molecular complexity index is 306. The molecule has 0 radical (unpaired) electrons. The summed E-state index contributed by atoms with van der Waals surface area (Å²) in [5.74, 6) is 0. The van der Waals surface area contributed by atoms with Crippen LogP contribution in [0.2, 0.25) is 0 Å². The molecule has 3 heterocycles. The summed E-state index contributed by atoms with van der Waals surface area (Å²) >= 11 is 0. The van der Waals surface area contributed by atoms with Crippen LogP contribution in [0.3, 0.4) is 0 Å². The quantitative estimate of drug-likeness (QED) is 0.812. The van der Waals surface area contributed by atoms with Crippen molar-refractivity contribution in [2.45, 2.75) is 89.4 Å². The van der Waals surface area contributed by atoms with Crippen LogP contribution >= 0.6 is 0 Å². The van der Waals surface area contributed by atoms with Gasteiger partial charge in [-0.15, -0.1) is 0 Å². The van der Waals surface area contributed by atoms with E-state index in [0.29, 0.717) is 0 Å². The number of likely N-dealkylation sites (N-methyl/N-ethyl adjacent to an activating group) is 1. The Morgan fingerprint density at radius 2 is 1.76 bits per heavy atom. The average Bonchev–Trinajstić information content (AvgIpc) is 2.92. The van der Waals surface area contributed by atoms with Crippen LogP contribution < -0.4 is 5.32 Å². The molecular weight excluding hydrogens is 258 g/mol. The molecule has 0 aliphatic carbocycles. The van der Waals surface area contributed by atoms with E-state index in [4.69, 9.17) is 0 Å². The number of hydrogen-bond acceptors (Lipinski definition) is 3. The van der Waals surface area contributed by atoms with E-state index in [1.54, 1.807) is 0 Å². The molecule has 1 N–H and O–H groups in total. The van der Waals surface area contributed by atoms with Gasteiger partial charge in [0.25, 0.3) is 0 Å². The first kappa shape index (κ1) is 15.8. The van der Waals surface area contributed by atoms with Gasteiger partial charge in [0.2, 0.25) is 0 Å². The average molecular weight is 293 g/mol. The maximum atomic E-state index is 3.80. The number of nitrogens with one attached hydrogen (secondary N) is 1. The van der Waals surface area contributed by atoms with Gasteiger partial charge in [0.1, 0.15) is 0 Å². The Hall–Kier alpha value is -0.120. The van der Waals surface area contributed by atoms with E-state index >= 15 is 0 Å². The lowest BCUT2D eigenvalue weighted by Crippen LogP contribution is -2.58. The predicted molar refractivity (Wildman–Crippen MR) is 89.7 cm³/mol. The Morgan fingerprint density at radius 1 is 1.00 bits per heavy atom. The third-order valence-corrected chi connectivity index (χ3v) is 6.14. The summed E-state index contributed by atoms with van der Waals surface area (Å²) in [6.45, 7) is 9.75. The highest BCUT2D eigenvalue weighted by molar-refractivity contribution is 4.97. The maximum Gasteiger partial charge on any atom is 0.0223 e. The minimum Gasteiger partial charge on any atom is -0.314 e. The van der Waals surface area contributed by atoms with Crippen molar-refractivity contribution >= 4 is 0 Å². The van der Waals surface area contributed by atoms with Crippen molar-refractivity contribution in [3.8, 4) is 0 Å². The van der Waals surface area contributed by atoms with Gasteiger partial charge in [0.05, 0.1) is 0 Å². The lowest BCUT2D eigenvalue weighted by atomic mass is 9.81. The maximum absolute atomic E-state index is 3.80. The SMILES string of the molecule is CCCNC1CC2CCCC(C1)N2CC1CCCN1CC. The Morgan fingerprint density at radius 3 is 2.43 bits per heavy atom. The zero-order chi connectivity index (χ0) is 14.7. The van der Waals surface area contributed by atoms with Gasteiger partial charge in [0, 0.05) is 30.7 Å². The van der Waals surface area contributed by atoms with E-state index in [0.717, 1.165) is 24.2 Å². The molecule has 0 saturated carbocycles. The van der Waals surface area contributed by atoms with Gasteiger partial charge in [-0.3, -0.25) is 9.80 Å². The molecule has 3 rings (SSSR count). The lowest BCUT2D eigenvalue weighted by Gasteiger charge is -2.50. The van der Waals surface area contributed by atoms with Crippen molar-refractivity contribution < 1.29 is 0 Å². The van der Waals surface area contributed by atoms with E-state index < -0.39 is 0 Å². The summed E-state index contributed by atoms with van der Waals surface area (Å²) < 4.78 is 0. The summed E-state index contributed by atoms with van der Waals surface area (Å²) in [7, 11) is 0. The summed E-state index contributed by atoms with van der Waals surface area (Å²) in [4.78, 5) is 5.64. The number of likely N-dealkylation sites (tertiary alicyclic amines) is 1. The van der Waals surface area contributed by atoms with Crippen LogP contribution in [0.25, 0.3) is 0 Å². The lowest BCUT2D eigenvalue weighted by molar-refractivity contribution is 0.00738. The predicted octanol–water partition coefficient (Wildman–Crippen LogP) is 2.86. The molecule has 3 saturated heterocycles. The van der Waals surface area contributed by atoms with Crippen molar-refractivity contribution in [3.63, 3.8) is 0 Å². The van der Waals surface area contributed by atoms with Crippen LogP contribution in [0.1, 0.15) is 65.2 Å². The van der Waals surface area contributed by atoms with E-state index in [1.807, 2.05) is 0 Å². The highest BCUT2D eigenvalue weighted by Gasteiger charge is 2.39. The fraction of sp³-hybridized carbons (Fsp3) is 1.00. The van der Waals surface area contributed by atoms with Crippen LogP contribution in [-0.2, 0) is 0 Å². The van der Waals surface area contributed by atoms with Crippen molar-refractivity contribution in [1.82, 2.24) is 15.1 Å². The zero-order valence-electron chi connectivity index (χ0n) is 14.2. The second kappa shape index (κ2) is 7.43. The van der Waals surface area contributed by atoms with Gasteiger partial charge in [0.15, 0.2) is 0 Å². The van der Waals surface area contributed by atoms with Gasteiger partial charge in [-0.25, -0.2) is 0 Å². The second-order valence-corrected chi connectivity index (χ2v) is 7.48. The first-order chi connectivity index (χ1) is 10.3. The molecule has 3 unspecified atom stereocenters. The highest BCUT2D eigenvalue weighted by Crippen LogP contribution is 2.35. The van der Waals surface area contributed by atoms with Crippen LogP contribution in [0.4, 0.5) is 0 Å². The Kier molecular flexibility index (Phi) is 5.58. The van der Waals surface area contributed by atoms with Crippen LogP contribution in [0.5, 0.6) is 0 Å². The van der Waals surface area contributed by atoms with Crippen molar-refractivity contribution in [1.29, 1.82) is 0 Å². The molecule has 0 amide bonds. The van der Waals surface area contributed by atoms with Crippen LogP contribution in [-0.4, -0.2) is 60.1 Å². The Balaban J connectivity index is 1.58. The van der Waals surface area contributed by atoms with Gasteiger partial charge in [-0.05, 0) is 64.6 Å². The van der Waals surface area contributed by atoms with Crippen LogP contribution in [0, 0.1) is 0 Å². The minimum atomic E-state index is 0.794. The third-order valence-electron chi connectivity index (χ3n) is 6.14. The first-order valence-corrected chi connectivity index (χ1v) is 9.55. The van der Waals surface area contributed by atoms with E-state index in [9.17, 15) is 0 Å². The molecule has 3 aliphatic heterocycles. The van der Waals surface area contributed by atoms with Crippen molar-refractivity contribution in [2.24, 2.45) is 0 Å². The molecule has 0 spiro atoms. The van der Waals surface area contributed by atoms with Gasteiger partial charge >= 0.3 is 0 Å². The Labute approximate surface area is 131 Å². The normalized spacial score (nSPS) is 38.0. The first-order valence-electron chi connectivity index (χ1n) is 9.55. The summed E-state index contributed by atoms with van der Waals surface area (Å²) in [5.41, 5.74) is 0. The summed E-state index contributed by atoms with van der Waals surface area (Å²) in [6, 6.07) is 3.37. The van der Waals surface area contributed by atoms with Crippen molar-refractivity contribution in [3.05, 3.63) is 0 Å². The van der Waals surface area contributed by atoms with Gasteiger partial charge in [-0.2, -0.15) is 0 Å². The molecule has 3 heteroatoms. The van der Waals surface area contributed by atoms with E-state index in [2.05, 4.69) is 29.0 Å². The van der Waals surface area contributed by atoms with E-state index in [1.165, 1.54) is 77.5 Å². The molecule has 0 aromatic carbocycles. The second-order valence-electron chi connectivity index (χ2n) is 7.48. The molecule has 3 nitrogen and oxygen atoms in total. The largest absolute Gasteiger partial charge is 0.314 e. The molecule has 3 aliphatic rings. The molecule has 2 bridgehead atoms. The molecule has 3 fully saturated rings. The number of nitrogens with zero attached hydrogens (tertiary/aromatic N) is 2. The van der Waals surface area contributed by atoms with Crippen LogP contribution in [0.15, 0.2) is 0 Å². The fourth-order valence-corrected chi connectivity index (χ4v) is 5.05. The number of rotatable bonds is 6. The van der Waals surface area contributed by atoms with Gasteiger partial charge < -0.3 is 5.32 Å². The molecule has 0 aromatic rings. The summed E-state index contributed by atoms with van der Waals surface area (Å²) in [6.07, 6.45) is 11.3. The highest BCUT2D eigenvalue weighted by atomic mass is 15.3. The third kappa shape index (κ3) is 3.62. The molecule has 21 heavy (non-hydrogen) atoms. The zero-order valence-corrected chi connectivity index (χ0v) is 14.2. The number of hydrogen-bond donors (Lipinski definition) is 1. The fourth-order valence-electron chi connectivity index (χ4n) is 5.05. The molecule has 0 aromatic heterocycles. The van der Waals surface area contributed by atoms with Crippen molar-refractivity contribution in [2.75, 3.05) is 26.2 Å². The molecule has 3 atom stereocenters. The topological polar surface area (TPSA) is 18.5 Å². The minimum absolute atomic E-state index is 0.794.